The van der Waals surface area contributed by atoms with Crippen LogP contribution < -0.4 is 4.74 Å². The van der Waals surface area contributed by atoms with E-state index in [1.54, 1.807) is 0 Å². The Morgan fingerprint density at radius 2 is 2.07 bits per heavy atom. The van der Waals surface area contributed by atoms with E-state index >= 15 is 0 Å². The lowest BCUT2D eigenvalue weighted by Crippen LogP contribution is -2.19. The molecule has 7 heteroatoms. The lowest BCUT2D eigenvalue weighted by atomic mass is 10.3. The van der Waals surface area contributed by atoms with Crippen molar-refractivity contribution in [2.24, 2.45) is 0 Å². The number of nitrogens with zero attached hydrogens (tertiary/aromatic N) is 1. The maximum atomic E-state index is 12.9. The topological polar surface area (TPSA) is 42.4 Å². The van der Waals surface area contributed by atoms with Gasteiger partial charge in [-0.3, -0.25) is 4.98 Å². The molecule has 0 bridgehead atoms. The Hall–Kier alpha value is -1.37. The SMILES string of the molecule is OCc1ncc(OCC(F)(F)F)cc1F. The van der Waals surface area contributed by atoms with Crippen molar-refractivity contribution in [3.8, 4) is 5.75 Å². The first-order chi connectivity index (χ1) is 6.92. The number of aromatic nitrogens is 1. The van der Waals surface area contributed by atoms with E-state index in [-0.39, 0.29) is 11.4 Å². The van der Waals surface area contributed by atoms with Crippen LogP contribution in [0.3, 0.4) is 0 Å². The molecule has 0 spiro atoms. The maximum absolute atomic E-state index is 12.9. The third kappa shape index (κ3) is 3.70. The molecule has 0 fully saturated rings. The van der Waals surface area contributed by atoms with E-state index in [1.807, 2.05) is 0 Å². The quantitative estimate of drug-likeness (QED) is 0.795. The summed E-state index contributed by atoms with van der Waals surface area (Å²) in [4.78, 5) is 3.38. The zero-order valence-electron chi connectivity index (χ0n) is 7.38. The minimum absolute atomic E-state index is 0.241. The molecule has 1 aromatic heterocycles. The number of aliphatic hydroxyl groups excluding tert-OH is 1. The summed E-state index contributed by atoms with van der Waals surface area (Å²) in [6.45, 7) is -2.13. The van der Waals surface area contributed by atoms with E-state index in [1.165, 1.54) is 0 Å². The third-order valence-corrected chi connectivity index (χ3v) is 1.44. The highest BCUT2D eigenvalue weighted by Gasteiger charge is 2.28. The van der Waals surface area contributed by atoms with Crippen molar-refractivity contribution >= 4 is 0 Å². The molecule has 84 valence electrons. The van der Waals surface area contributed by atoms with Crippen molar-refractivity contribution in [3.05, 3.63) is 23.8 Å². The number of ether oxygens (including phenoxy) is 1. The van der Waals surface area contributed by atoms with E-state index in [0.29, 0.717) is 0 Å². The van der Waals surface area contributed by atoms with Gasteiger partial charge in [0.1, 0.15) is 11.4 Å². The van der Waals surface area contributed by atoms with Gasteiger partial charge in [0.15, 0.2) is 12.4 Å². The fraction of sp³-hybridized carbons (Fsp3) is 0.375. The Labute approximate surface area is 82.3 Å². The van der Waals surface area contributed by atoms with E-state index in [2.05, 4.69) is 9.72 Å². The van der Waals surface area contributed by atoms with Crippen LogP contribution in [0.5, 0.6) is 5.75 Å². The average Bonchev–Trinajstić information content (AvgIpc) is 2.14. The normalized spacial score (nSPS) is 11.5. The first-order valence-electron chi connectivity index (χ1n) is 3.87. The van der Waals surface area contributed by atoms with Crippen LogP contribution in [0.1, 0.15) is 5.69 Å². The Morgan fingerprint density at radius 1 is 1.40 bits per heavy atom. The summed E-state index contributed by atoms with van der Waals surface area (Å²) in [5, 5.41) is 8.55. The van der Waals surface area contributed by atoms with Crippen LogP contribution in [0, 0.1) is 5.82 Å². The van der Waals surface area contributed by atoms with Crippen LogP contribution in [0.15, 0.2) is 12.3 Å². The maximum Gasteiger partial charge on any atom is 0.422 e. The molecule has 1 aromatic rings. The highest BCUT2D eigenvalue weighted by molar-refractivity contribution is 5.21. The molecular formula is C8H7F4NO2. The van der Waals surface area contributed by atoms with Crippen LogP contribution in [0.2, 0.25) is 0 Å². The summed E-state index contributed by atoms with van der Waals surface area (Å²) in [5.74, 6) is -1.24. The predicted octanol–water partition coefficient (Wildman–Crippen LogP) is 1.65. The van der Waals surface area contributed by atoms with Gasteiger partial charge in [-0.25, -0.2) is 4.39 Å². The molecule has 0 radical (unpaired) electrons. The molecule has 1 N–H and O–H groups in total. The summed E-state index contributed by atoms with van der Waals surface area (Å²) in [5.41, 5.74) is -0.241. The molecule has 0 aliphatic carbocycles. The molecule has 0 atom stereocenters. The van der Waals surface area contributed by atoms with Gasteiger partial charge in [0, 0.05) is 6.07 Å². The monoisotopic (exact) mass is 225 g/mol. The van der Waals surface area contributed by atoms with Gasteiger partial charge in [-0.1, -0.05) is 0 Å². The van der Waals surface area contributed by atoms with E-state index in [0.717, 1.165) is 12.3 Å². The van der Waals surface area contributed by atoms with E-state index in [4.69, 9.17) is 5.11 Å². The Balaban J connectivity index is 2.68. The summed E-state index contributed by atoms with van der Waals surface area (Å²) in [6, 6.07) is 0.740. The number of hydrogen-bond donors (Lipinski definition) is 1. The number of aliphatic hydroxyl groups is 1. The van der Waals surface area contributed by atoms with Crippen molar-refractivity contribution in [2.45, 2.75) is 12.8 Å². The van der Waals surface area contributed by atoms with E-state index < -0.39 is 25.2 Å². The van der Waals surface area contributed by atoms with Crippen molar-refractivity contribution in [1.29, 1.82) is 0 Å². The molecule has 0 saturated heterocycles. The second-order valence-corrected chi connectivity index (χ2v) is 2.66. The van der Waals surface area contributed by atoms with Crippen molar-refractivity contribution in [1.82, 2.24) is 4.98 Å². The molecule has 0 unspecified atom stereocenters. The van der Waals surface area contributed by atoms with Gasteiger partial charge >= 0.3 is 6.18 Å². The van der Waals surface area contributed by atoms with Crippen LogP contribution in [0.25, 0.3) is 0 Å². The molecule has 0 saturated carbocycles. The van der Waals surface area contributed by atoms with Crippen molar-refractivity contribution in [3.63, 3.8) is 0 Å². The fourth-order valence-corrected chi connectivity index (χ4v) is 0.809. The predicted molar refractivity (Wildman–Crippen MR) is 41.7 cm³/mol. The zero-order chi connectivity index (χ0) is 11.5. The Morgan fingerprint density at radius 3 is 2.53 bits per heavy atom. The fourth-order valence-electron chi connectivity index (χ4n) is 0.809. The van der Waals surface area contributed by atoms with Crippen molar-refractivity contribution in [2.75, 3.05) is 6.61 Å². The van der Waals surface area contributed by atoms with E-state index in [9.17, 15) is 17.6 Å². The lowest BCUT2D eigenvalue weighted by molar-refractivity contribution is -0.153. The Kier molecular flexibility index (Phi) is 3.46. The van der Waals surface area contributed by atoms with Gasteiger partial charge in [0.25, 0.3) is 0 Å². The molecule has 0 amide bonds. The van der Waals surface area contributed by atoms with Gasteiger partial charge < -0.3 is 9.84 Å². The lowest BCUT2D eigenvalue weighted by Gasteiger charge is -2.09. The van der Waals surface area contributed by atoms with Crippen LogP contribution in [0.4, 0.5) is 17.6 Å². The standard InChI is InChI=1S/C8H7F4NO2/c9-6-1-5(2-13-7(6)3-14)15-4-8(10,11)12/h1-2,14H,3-4H2. The molecule has 3 nitrogen and oxygen atoms in total. The van der Waals surface area contributed by atoms with Gasteiger partial charge in [-0.05, 0) is 0 Å². The molecule has 1 heterocycles. The first kappa shape index (κ1) is 11.7. The summed E-state index contributed by atoms with van der Waals surface area (Å²) >= 11 is 0. The molecule has 1 rings (SSSR count). The molecular weight excluding hydrogens is 218 g/mol. The number of halogens is 4. The highest BCUT2D eigenvalue weighted by Crippen LogP contribution is 2.19. The van der Waals surface area contributed by atoms with Gasteiger partial charge in [0.2, 0.25) is 0 Å². The first-order valence-corrected chi connectivity index (χ1v) is 3.87. The number of hydrogen-bond acceptors (Lipinski definition) is 3. The number of rotatable bonds is 3. The Bertz CT molecular complexity index is 340. The van der Waals surface area contributed by atoms with Gasteiger partial charge in [0.05, 0.1) is 12.8 Å². The number of alkyl halides is 3. The molecule has 15 heavy (non-hydrogen) atoms. The second kappa shape index (κ2) is 4.43. The largest absolute Gasteiger partial charge is 0.482 e. The molecule has 0 aliphatic heterocycles. The molecule has 0 aromatic carbocycles. The second-order valence-electron chi connectivity index (χ2n) is 2.66. The number of pyridine rings is 1. The van der Waals surface area contributed by atoms with Crippen LogP contribution in [-0.2, 0) is 6.61 Å². The average molecular weight is 225 g/mol. The smallest absolute Gasteiger partial charge is 0.422 e. The van der Waals surface area contributed by atoms with Crippen LogP contribution in [-0.4, -0.2) is 22.9 Å². The minimum atomic E-state index is -4.48. The summed E-state index contributed by atoms with van der Waals surface area (Å²) < 4.78 is 52.3. The molecule has 0 aliphatic rings. The highest BCUT2D eigenvalue weighted by atomic mass is 19.4. The van der Waals surface area contributed by atoms with Crippen molar-refractivity contribution < 1.29 is 27.4 Å². The van der Waals surface area contributed by atoms with Gasteiger partial charge in [-0.2, -0.15) is 13.2 Å². The summed E-state index contributed by atoms with van der Waals surface area (Å²) in [7, 11) is 0. The van der Waals surface area contributed by atoms with Crippen LogP contribution >= 0.6 is 0 Å². The van der Waals surface area contributed by atoms with Gasteiger partial charge in [-0.15, -0.1) is 0 Å². The third-order valence-electron chi connectivity index (χ3n) is 1.44. The minimum Gasteiger partial charge on any atom is -0.482 e. The zero-order valence-corrected chi connectivity index (χ0v) is 7.38. The summed E-state index contributed by atoms with van der Waals surface area (Å²) in [6.07, 6.45) is -3.56.